The number of aromatic nitrogens is 2. The molecule has 0 amide bonds. The summed E-state index contributed by atoms with van der Waals surface area (Å²) in [6.07, 6.45) is 3.35. The van der Waals surface area contributed by atoms with E-state index in [1.165, 1.54) is 17.1 Å². The first-order chi connectivity index (χ1) is 8.86. The van der Waals surface area contributed by atoms with Gasteiger partial charge in [-0.3, -0.25) is 4.98 Å². The highest BCUT2D eigenvalue weighted by Gasteiger charge is 2.06. The van der Waals surface area contributed by atoms with E-state index < -0.39 is 0 Å². The number of nitrogens with one attached hydrogen (secondary N) is 1. The van der Waals surface area contributed by atoms with Gasteiger partial charge in [0.05, 0.1) is 10.6 Å². The zero-order chi connectivity index (χ0) is 12.4. The molecule has 3 rings (SSSR count). The van der Waals surface area contributed by atoms with Gasteiger partial charge in [-0.2, -0.15) is 5.26 Å². The number of fused-ring (bicyclic) bond motifs is 1. The third kappa shape index (κ3) is 1.96. The molecule has 2 aromatic heterocycles. The summed E-state index contributed by atoms with van der Waals surface area (Å²) in [4.78, 5) is 8.25. The Kier molecular flexibility index (Phi) is 2.75. The van der Waals surface area contributed by atoms with Crippen LogP contribution in [-0.4, -0.2) is 9.97 Å². The second-order valence-corrected chi connectivity index (χ2v) is 4.89. The van der Waals surface area contributed by atoms with Crippen molar-refractivity contribution < 1.29 is 0 Å². The molecule has 0 saturated carbocycles. The summed E-state index contributed by atoms with van der Waals surface area (Å²) in [5, 5.41) is 11.2. The first-order valence-corrected chi connectivity index (χ1v) is 6.28. The average molecular weight is 251 g/mol. The topological polar surface area (TPSA) is 52.5 Å². The zero-order valence-corrected chi connectivity index (χ0v) is 10.2. The minimum Gasteiger partial charge on any atom is -0.349 e. The van der Waals surface area contributed by atoms with Gasteiger partial charge in [-0.05, 0) is 18.2 Å². The van der Waals surface area contributed by atoms with Crippen molar-refractivity contribution in [2.45, 2.75) is 9.92 Å². The van der Waals surface area contributed by atoms with Crippen LogP contribution in [0.3, 0.4) is 0 Å². The Balaban J connectivity index is 1.99. The Morgan fingerprint density at radius 2 is 2.11 bits per heavy atom. The molecule has 0 unspecified atom stereocenters. The van der Waals surface area contributed by atoms with Crippen molar-refractivity contribution in [3.63, 3.8) is 0 Å². The van der Waals surface area contributed by atoms with Gasteiger partial charge in [0, 0.05) is 28.2 Å². The quantitative estimate of drug-likeness (QED) is 0.757. The van der Waals surface area contributed by atoms with Crippen LogP contribution in [-0.2, 0) is 0 Å². The van der Waals surface area contributed by atoms with Crippen molar-refractivity contribution in [1.82, 2.24) is 9.97 Å². The maximum Gasteiger partial charge on any atom is 0.100 e. The van der Waals surface area contributed by atoms with Crippen LogP contribution in [0.2, 0.25) is 0 Å². The molecule has 0 radical (unpaired) electrons. The fraction of sp³-hybridized carbons (Fsp3) is 0. The van der Waals surface area contributed by atoms with Gasteiger partial charge in [0.2, 0.25) is 0 Å². The van der Waals surface area contributed by atoms with E-state index in [0.717, 1.165) is 15.4 Å². The average Bonchev–Trinajstić information content (AvgIpc) is 2.81. The lowest BCUT2D eigenvalue weighted by Crippen LogP contribution is -1.82. The third-order valence-corrected chi connectivity index (χ3v) is 3.62. The molecule has 0 saturated heterocycles. The van der Waals surface area contributed by atoms with Crippen molar-refractivity contribution in [2.75, 3.05) is 0 Å². The lowest BCUT2D eigenvalue weighted by Gasteiger charge is -1.99. The molecule has 18 heavy (non-hydrogen) atoms. The normalized spacial score (nSPS) is 10.4. The summed E-state index contributed by atoms with van der Waals surface area (Å²) in [5.74, 6) is 0. The number of nitriles is 1. The van der Waals surface area contributed by atoms with Crippen LogP contribution in [0.25, 0.3) is 10.9 Å². The molecule has 0 aliphatic carbocycles. The van der Waals surface area contributed by atoms with Crippen LogP contribution in [0.4, 0.5) is 0 Å². The number of pyridine rings is 1. The molecule has 0 atom stereocenters. The van der Waals surface area contributed by atoms with Crippen LogP contribution in [0.15, 0.2) is 58.7 Å². The van der Waals surface area contributed by atoms with E-state index in [1.807, 2.05) is 18.2 Å². The second kappa shape index (κ2) is 4.55. The molecule has 0 bridgehead atoms. The Morgan fingerprint density at radius 3 is 2.94 bits per heavy atom. The number of nitrogens with zero attached hydrogens (tertiary/aromatic N) is 2. The Hall–Kier alpha value is -2.25. The fourth-order valence-corrected chi connectivity index (χ4v) is 2.69. The summed E-state index contributed by atoms with van der Waals surface area (Å²) in [6, 6.07) is 14.1. The molecule has 1 aromatic carbocycles. The molecule has 1 N–H and O–H groups in total. The van der Waals surface area contributed by atoms with E-state index in [-0.39, 0.29) is 0 Å². The molecule has 0 aliphatic heterocycles. The monoisotopic (exact) mass is 251 g/mol. The molecule has 86 valence electrons. The predicted octanol–water partition coefficient (Wildman–Crippen LogP) is 3.59. The van der Waals surface area contributed by atoms with Gasteiger partial charge in [0.1, 0.15) is 6.07 Å². The van der Waals surface area contributed by atoms with Crippen LogP contribution in [0.1, 0.15) is 5.56 Å². The number of rotatable bonds is 2. The van der Waals surface area contributed by atoms with E-state index >= 15 is 0 Å². The molecule has 0 aliphatic rings. The summed E-state index contributed by atoms with van der Waals surface area (Å²) in [7, 11) is 0. The summed E-state index contributed by atoms with van der Waals surface area (Å²) < 4.78 is 0. The Morgan fingerprint density at radius 1 is 1.22 bits per heavy atom. The third-order valence-electron chi connectivity index (χ3n) is 2.63. The van der Waals surface area contributed by atoms with Crippen molar-refractivity contribution in [3.05, 3.63) is 54.4 Å². The minimum atomic E-state index is 0.647. The van der Waals surface area contributed by atoms with Crippen LogP contribution >= 0.6 is 11.8 Å². The fourth-order valence-electron chi connectivity index (χ4n) is 1.77. The van der Waals surface area contributed by atoms with Gasteiger partial charge < -0.3 is 4.98 Å². The van der Waals surface area contributed by atoms with Crippen molar-refractivity contribution in [3.8, 4) is 6.07 Å². The number of hydrogen-bond donors (Lipinski definition) is 1. The number of benzene rings is 1. The van der Waals surface area contributed by atoms with Gasteiger partial charge >= 0.3 is 0 Å². The largest absolute Gasteiger partial charge is 0.349 e. The van der Waals surface area contributed by atoms with E-state index in [9.17, 15) is 0 Å². The number of aromatic amines is 1. The zero-order valence-electron chi connectivity index (χ0n) is 9.42. The molecule has 0 fully saturated rings. The highest BCUT2D eigenvalue weighted by atomic mass is 32.2. The van der Waals surface area contributed by atoms with E-state index in [4.69, 9.17) is 5.26 Å². The number of hydrogen-bond acceptors (Lipinski definition) is 3. The van der Waals surface area contributed by atoms with E-state index in [2.05, 4.69) is 28.2 Å². The lowest BCUT2D eigenvalue weighted by molar-refractivity contribution is 1.19. The standard InChI is InChI=1S/C14H9N3S/c15-8-11-5-6-16-9-13(11)18-14-7-10-3-1-2-4-12(10)17-14/h1-7,9,17H. The van der Waals surface area contributed by atoms with Crippen molar-refractivity contribution in [1.29, 1.82) is 5.26 Å². The maximum atomic E-state index is 9.03. The molecule has 3 nitrogen and oxygen atoms in total. The second-order valence-electron chi connectivity index (χ2n) is 3.81. The maximum absolute atomic E-state index is 9.03. The highest BCUT2D eigenvalue weighted by molar-refractivity contribution is 7.99. The van der Waals surface area contributed by atoms with Gasteiger partial charge in [-0.15, -0.1) is 0 Å². The summed E-state index contributed by atoms with van der Waals surface area (Å²) in [6.45, 7) is 0. The van der Waals surface area contributed by atoms with Gasteiger partial charge in [0.15, 0.2) is 0 Å². The number of para-hydroxylation sites is 1. The highest BCUT2D eigenvalue weighted by Crippen LogP contribution is 2.31. The molecule has 4 heteroatoms. The summed E-state index contributed by atoms with van der Waals surface area (Å²) >= 11 is 1.52. The van der Waals surface area contributed by atoms with E-state index in [1.54, 1.807) is 18.5 Å². The smallest absolute Gasteiger partial charge is 0.100 e. The molecular formula is C14H9N3S. The summed E-state index contributed by atoms with van der Waals surface area (Å²) in [5.41, 5.74) is 1.75. The Labute approximate surface area is 108 Å². The van der Waals surface area contributed by atoms with Gasteiger partial charge in [-0.25, -0.2) is 0 Å². The van der Waals surface area contributed by atoms with Crippen LogP contribution < -0.4 is 0 Å². The minimum absolute atomic E-state index is 0.647. The predicted molar refractivity (Wildman–Crippen MR) is 71.4 cm³/mol. The number of H-pyrrole nitrogens is 1. The Bertz CT molecular complexity index is 707. The van der Waals surface area contributed by atoms with Crippen LogP contribution in [0.5, 0.6) is 0 Å². The van der Waals surface area contributed by atoms with Crippen molar-refractivity contribution in [2.24, 2.45) is 0 Å². The molecule has 2 heterocycles. The lowest BCUT2D eigenvalue weighted by atomic mass is 10.3. The van der Waals surface area contributed by atoms with E-state index in [0.29, 0.717) is 5.56 Å². The van der Waals surface area contributed by atoms with Crippen LogP contribution in [0, 0.1) is 11.3 Å². The molecule has 3 aromatic rings. The first kappa shape index (κ1) is 10.9. The SMILES string of the molecule is N#Cc1ccncc1Sc1cc2ccccc2[nH]1. The van der Waals surface area contributed by atoms with Gasteiger partial charge in [-0.1, -0.05) is 30.0 Å². The molecular weight excluding hydrogens is 242 g/mol. The molecule has 0 spiro atoms. The van der Waals surface area contributed by atoms with Crippen molar-refractivity contribution >= 4 is 22.7 Å². The van der Waals surface area contributed by atoms with Gasteiger partial charge in [0.25, 0.3) is 0 Å². The first-order valence-electron chi connectivity index (χ1n) is 5.46.